The molecule has 1 aromatic carbocycles. The van der Waals surface area contributed by atoms with Crippen LogP contribution < -0.4 is 5.19 Å². The molecule has 1 rings (SSSR count). The van der Waals surface area contributed by atoms with E-state index in [0.717, 1.165) is 16.8 Å². The molecule has 0 spiro atoms. The molecule has 0 aliphatic carbocycles. The van der Waals surface area contributed by atoms with E-state index in [4.69, 9.17) is 0 Å². The van der Waals surface area contributed by atoms with E-state index < -0.39 is 18.2 Å². The van der Waals surface area contributed by atoms with Gasteiger partial charge in [-0.3, -0.25) is 4.55 Å². The van der Waals surface area contributed by atoms with Crippen LogP contribution >= 0.6 is 0 Å². The van der Waals surface area contributed by atoms with Crippen molar-refractivity contribution in [3.63, 3.8) is 0 Å². The number of rotatable bonds is 4. The van der Waals surface area contributed by atoms with Crippen LogP contribution in [0.1, 0.15) is 5.56 Å². The van der Waals surface area contributed by atoms with Crippen molar-refractivity contribution < 1.29 is 13.0 Å². The molecule has 5 heteroatoms. The highest BCUT2D eigenvalue weighted by Gasteiger charge is 2.28. The van der Waals surface area contributed by atoms with Gasteiger partial charge in [0.2, 0.25) is 0 Å². The summed E-state index contributed by atoms with van der Waals surface area (Å²) in [6, 6.07) is 5.82. The van der Waals surface area contributed by atoms with Crippen LogP contribution in [0.5, 0.6) is 0 Å². The topological polar surface area (TPSA) is 54.4 Å². The van der Waals surface area contributed by atoms with E-state index in [9.17, 15) is 13.0 Å². The summed E-state index contributed by atoms with van der Waals surface area (Å²) in [5.74, 6) is 0. The van der Waals surface area contributed by atoms with Gasteiger partial charge < -0.3 is 0 Å². The van der Waals surface area contributed by atoms with E-state index in [1.54, 1.807) is 6.07 Å². The second kappa shape index (κ2) is 4.76. The average Bonchev–Trinajstić information content (AvgIpc) is 2.15. The number of hydrogen-bond acceptors (Lipinski definition) is 2. The maximum absolute atomic E-state index is 11.4. The van der Waals surface area contributed by atoms with Crippen LogP contribution in [0, 0.1) is 6.92 Å². The lowest BCUT2D eigenvalue weighted by atomic mass is 10.2. The Labute approximate surface area is 104 Å². The molecule has 1 aromatic rings. The van der Waals surface area contributed by atoms with Crippen molar-refractivity contribution in [2.24, 2.45) is 0 Å². The molecule has 0 aromatic heterocycles. The molecule has 3 nitrogen and oxygen atoms in total. The van der Waals surface area contributed by atoms with Gasteiger partial charge in [0.05, 0.1) is 13.0 Å². The molecule has 0 fully saturated rings. The van der Waals surface area contributed by atoms with E-state index in [-0.39, 0.29) is 4.90 Å². The molecule has 0 aliphatic rings. The van der Waals surface area contributed by atoms with Crippen molar-refractivity contribution in [1.29, 1.82) is 0 Å². The predicted octanol–water partition coefficient (Wildman–Crippen LogP) is 2.34. The summed E-state index contributed by atoms with van der Waals surface area (Å²) >= 11 is 0. The standard InChI is InChI=1S/C12H18O3SSi/c1-5-8-17(3,4)12-9-10(2)6-7-11(12)16(13,14)15/h5-7,9H,1,8H2,2-4H3,(H,13,14,15). The first kappa shape index (κ1) is 14.1. The van der Waals surface area contributed by atoms with Gasteiger partial charge in [0.25, 0.3) is 10.1 Å². The van der Waals surface area contributed by atoms with E-state index in [0.29, 0.717) is 0 Å². The van der Waals surface area contributed by atoms with Gasteiger partial charge >= 0.3 is 0 Å². The molecule has 0 bridgehead atoms. The van der Waals surface area contributed by atoms with Crippen molar-refractivity contribution >= 4 is 23.4 Å². The maximum atomic E-state index is 11.4. The van der Waals surface area contributed by atoms with Crippen molar-refractivity contribution in [3.05, 3.63) is 36.4 Å². The quantitative estimate of drug-likeness (QED) is 0.519. The fourth-order valence-electron chi connectivity index (χ4n) is 1.87. The van der Waals surface area contributed by atoms with E-state index in [1.165, 1.54) is 6.07 Å². The maximum Gasteiger partial charge on any atom is 0.294 e. The van der Waals surface area contributed by atoms with Gasteiger partial charge in [0.15, 0.2) is 0 Å². The number of aryl methyl sites for hydroxylation is 1. The highest BCUT2D eigenvalue weighted by molar-refractivity contribution is 7.86. The van der Waals surface area contributed by atoms with E-state index in [2.05, 4.69) is 19.7 Å². The smallest absolute Gasteiger partial charge is 0.282 e. The molecule has 17 heavy (non-hydrogen) atoms. The third kappa shape index (κ3) is 3.28. The summed E-state index contributed by atoms with van der Waals surface area (Å²) in [4.78, 5) is 0.0432. The van der Waals surface area contributed by atoms with E-state index >= 15 is 0 Å². The van der Waals surface area contributed by atoms with Crippen LogP contribution in [-0.4, -0.2) is 21.0 Å². The zero-order valence-electron chi connectivity index (χ0n) is 10.4. The summed E-state index contributed by atoms with van der Waals surface area (Å²) in [6.45, 7) is 9.76. The molecule has 94 valence electrons. The van der Waals surface area contributed by atoms with Gasteiger partial charge in [-0.05, 0) is 24.2 Å². The minimum atomic E-state index is -4.15. The summed E-state index contributed by atoms with van der Waals surface area (Å²) < 4.78 is 32.0. The minimum absolute atomic E-state index is 0.0432. The lowest BCUT2D eigenvalue weighted by Crippen LogP contribution is -2.43. The van der Waals surface area contributed by atoms with Gasteiger partial charge in [-0.2, -0.15) is 8.42 Å². The van der Waals surface area contributed by atoms with Crippen LogP contribution in [-0.2, 0) is 10.1 Å². The summed E-state index contributed by atoms with van der Waals surface area (Å²) in [5.41, 5.74) is 0.997. The molecule has 0 atom stereocenters. The summed E-state index contributed by atoms with van der Waals surface area (Å²) in [5, 5.41) is 0.764. The minimum Gasteiger partial charge on any atom is -0.282 e. The molecule has 0 aliphatic heterocycles. The Kier molecular flexibility index (Phi) is 3.96. The van der Waals surface area contributed by atoms with Crippen LogP contribution in [0.25, 0.3) is 0 Å². The predicted molar refractivity (Wildman–Crippen MR) is 73.1 cm³/mol. The Morgan fingerprint density at radius 2 is 2.00 bits per heavy atom. The first-order valence-electron chi connectivity index (χ1n) is 5.38. The van der Waals surface area contributed by atoms with Gasteiger partial charge in [-0.15, -0.1) is 6.58 Å². The lowest BCUT2D eigenvalue weighted by molar-refractivity contribution is 0.484. The van der Waals surface area contributed by atoms with Crippen LogP contribution in [0.15, 0.2) is 35.7 Å². The van der Waals surface area contributed by atoms with Crippen molar-refractivity contribution in [3.8, 4) is 0 Å². The molecule has 1 N–H and O–H groups in total. The Balaban J connectivity index is 3.50. The largest absolute Gasteiger partial charge is 0.294 e. The zero-order chi connectivity index (χ0) is 13.3. The van der Waals surface area contributed by atoms with Crippen LogP contribution in [0.2, 0.25) is 19.1 Å². The van der Waals surface area contributed by atoms with Crippen LogP contribution in [0.3, 0.4) is 0 Å². The molecular formula is C12H18O3SSi. The SMILES string of the molecule is C=CC[Si](C)(C)c1cc(C)ccc1S(=O)(=O)O. The van der Waals surface area contributed by atoms with E-state index in [1.807, 2.05) is 19.1 Å². The first-order chi connectivity index (χ1) is 7.68. The van der Waals surface area contributed by atoms with Crippen molar-refractivity contribution in [1.82, 2.24) is 0 Å². The molecule has 0 amide bonds. The number of allylic oxidation sites excluding steroid dienone is 1. The fraction of sp³-hybridized carbons (Fsp3) is 0.333. The van der Waals surface area contributed by atoms with Crippen molar-refractivity contribution in [2.45, 2.75) is 31.0 Å². The highest BCUT2D eigenvalue weighted by Crippen LogP contribution is 2.17. The Morgan fingerprint density at radius 1 is 1.41 bits per heavy atom. The molecular weight excluding hydrogens is 252 g/mol. The molecule has 0 saturated heterocycles. The van der Waals surface area contributed by atoms with Crippen LogP contribution in [0.4, 0.5) is 0 Å². The third-order valence-electron chi connectivity index (χ3n) is 2.80. The molecule has 0 radical (unpaired) electrons. The Morgan fingerprint density at radius 3 is 2.47 bits per heavy atom. The van der Waals surface area contributed by atoms with Crippen molar-refractivity contribution in [2.75, 3.05) is 0 Å². The molecule has 0 saturated carbocycles. The van der Waals surface area contributed by atoms with Gasteiger partial charge in [-0.1, -0.05) is 36.9 Å². The summed E-state index contributed by atoms with van der Waals surface area (Å²) in [7, 11) is -6.07. The average molecular weight is 270 g/mol. The van der Waals surface area contributed by atoms with Gasteiger partial charge in [0.1, 0.15) is 0 Å². The monoisotopic (exact) mass is 270 g/mol. The second-order valence-electron chi connectivity index (χ2n) is 4.85. The second-order valence-corrected chi connectivity index (χ2v) is 11.0. The molecule has 0 unspecified atom stereocenters. The van der Waals surface area contributed by atoms with Gasteiger partial charge in [-0.25, -0.2) is 0 Å². The normalized spacial score (nSPS) is 12.5. The Bertz CT molecular complexity index is 533. The fourth-order valence-corrected chi connectivity index (χ4v) is 5.97. The Hall–Kier alpha value is -0.913. The number of benzene rings is 1. The number of hydrogen-bond donors (Lipinski definition) is 1. The lowest BCUT2D eigenvalue weighted by Gasteiger charge is -2.23. The zero-order valence-corrected chi connectivity index (χ0v) is 12.2. The van der Waals surface area contributed by atoms with Gasteiger partial charge in [0, 0.05) is 0 Å². The first-order valence-corrected chi connectivity index (χ1v) is 10.0. The summed E-state index contributed by atoms with van der Waals surface area (Å²) in [6.07, 6.45) is 1.81. The highest BCUT2D eigenvalue weighted by atomic mass is 32.2. The third-order valence-corrected chi connectivity index (χ3v) is 7.07. The molecule has 0 heterocycles.